The summed E-state index contributed by atoms with van der Waals surface area (Å²) in [6.07, 6.45) is 8.39. The second-order valence-corrected chi connectivity index (χ2v) is 7.75. The summed E-state index contributed by atoms with van der Waals surface area (Å²) in [7, 11) is 0. The molecule has 0 unspecified atom stereocenters. The zero-order valence-electron chi connectivity index (χ0n) is 17.5. The zero-order valence-corrected chi connectivity index (χ0v) is 18.4. The monoisotopic (exact) mass is 443 g/mol. The van der Waals surface area contributed by atoms with Gasteiger partial charge in [-0.1, -0.05) is 19.1 Å². The molecule has 0 spiro atoms. The molecule has 1 aliphatic rings. The summed E-state index contributed by atoms with van der Waals surface area (Å²) in [5.41, 5.74) is 3.81. The molecule has 4 rings (SSSR count). The van der Waals surface area contributed by atoms with Crippen molar-refractivity contribution in [2.24, 2.45) is 0 Å². The maximum absolute atomic E-state index is 13.3. The Bertz CT molecular complexity index is 951. The topological polar surface area (TPSA) is 57.1 Å². The largest absolute Gasteiger partial charge is 0.490 e. The molecule has 31 heavy (non-hydrogen) atoms. The normalized spacial score (nSPS) is 15.2. The van der Waals surface area contributed by atoms with E-state index in [1.165, 1.54) is 12.1 Å². The van der Waals surface area contributed by atoms with Gasteiger partial charge < -0.3 is 9.47 Å². The van der Waals surface area contributed by atoms with E-state index in [1.807, 2.05) is 24.3 Å². The minimum atomic E-state index is -0.220. The number of nitrogens with zero attached hydrogens (tertiary/aromatic N) is 3. The van der Waals surface area contributed by atoms with Gasteiger partial charge in [0, 0.05) is 55.7 Å². The Labute approximate surface area is 188 Å². The van der Waals surface area contributed by atoms with Crippen LogP contribution < -0.4 is 4.74 Å². The molecule has 1 aromatic carbocycles. The lowest BCUT2D eigenvalue weighted by Gasteiger charge is -2.24. The van der Waals surface area contributed by atoms with Gasteiger partial charge in [-0.3, -0.25) is 15.0 Å². The second-order valence-electron chi connectivity index (χ2n) is 7.75. The van der Waals surface area contributed by atoms with E-state index in [0.29, 0.717) is 6.42 Å². The molecule has 3 aromatic rings. The molecule has 1 saturated heterocycles. The van der Waals surface area contributed by atoms with E-state index in [-0.39, 0.29) is 30.2 Å². The number of benzene rings is 1. The van der Waals surface area contributed by atoms with Gasteiger partial charge in [-0.25, -0.2) is 4.39 Å². The molecular formula is C24H27ClFN3O2. The van der Waals surface area contributed by atoms with Gasteiger partial charge in [-0.15, -0.1) is 12.4 Å². The Hall–Kier alpha value is -2.57. The fraction of sp³-hybridized carbons (Fsp3) is 0.375. The highest BCUT2D eigenvalue weighted by Crippen LogP contribution is 2.25. The fourth-order valence-electron chi connectivity index (χ4n) is 3.70. The van der Waals surface area contributed by atoms with E-state index >= 15 is 0 Å². The molecule has 2 aromatic heterocycles. The number of hydrogen-bond donors (Lipinski definition) is 0. The molecule has 0 radical (unpaired) electrons. The van der Waals surface area contributed by atoms with E-state index < -0.39 is 0 Å². The van der Waals surface area contributed by atoms with Crippen molar-refractivity contribution >= 4 is 12.4 Å². The first-order valence-corrected chi connectivity index (χ1v) is 10.4. The first kappa shape index (κ1) is 23.1. The Morgan fingerprint density at radius 3 is 2.52 bits per heavy atom. The highest BCUT2D eigenvalue weighted by molar-refractivity contribution is 5.85. The van der Waals surface area contributed by atoms with Crippen LogP contribution in [0.1, 0.15) is 48.3 Å². The molecule has 1 atom stereocenters. The standard InChI is InChI=1S/C24H26FN3O2.ClH/c1-17(18-2-4-19(25)5-3-18)12-20-14-24(30-23-6-10-29-11-7-23)15-21(28-20)13-22-16-26-8-9-27-22;/h2-5,8-9,14-17,23H,6-7,10-13H2,1H3;1H/t17-;/m1./s1. The van der Waals surface area contributed by atoms with Crippen LogP contribution >= 0.6 is 12.4 Å². The average molecular weight is 444 g/mol. The van der Waals surface area contributed by atoms with E-state index in [1.54, 1.807) is 18.6 Å². The maximum Gasteiger partial charge on any atom is 0.123 e. The van der Waals surface area contributed by atoms with Crippen molar-refractivity contribution in [1.82, 2.24) is 15.0 Å². The molecule has 0 saturated carbocycles. The minimum Gasteiger partial charge on any atom is -0.490 e. The van der Waals surface area contributed by atoms with Gasteiger partial charge in [0.25, 0.3) is 0 Å². The third-order valence-electron chi connectivity index (χ3n) is 5.31. The van der Waals surface area contributed by atoms with Crippen molar-refractivity contribution in [3.05, 3.63) is 83.5 Å². The number of halogens is 2. The third kappa shape index (κ3) is 6.71. The number of rotatable bonds is 7. The lowest BCUT2D eigenvalue weighted by atomic mass is 9.95. The van der Waals surface area contributed by atoms with Crippen molar-refractivity contribution in [3.63, 3.8) is 0 Å². The molecular weight excluding hydrogens is 417 g/mol. The molecule has 164 valence electrons. The van der Waals surface area contributed by atoms with E-state index in [2.05, 4.69) is 16.9 Å². The second kappa shape index (κ2) is 11.2. The van der Waals surface area contributed by atoms with Gasteiger partial charge in [-0.2, -0.15) is 0 Å². The minimum absolute atomic E-state index is 0. The van der Waals surface area contributed by atoms with Gasteiger partial charge in [0.1, 0.15) is 17.7 Å². The van der Waals surface area contributed by atoms with Crippen LogP contribution in [0.15, 0.2) is 55.0 Å². The molecule has 1 fully saturated rings. The summed E-state index contributed by atoms with van der Waals surface area (Å²) in [4.78, 5) is 13.4. The number of hydrogen-bond acceptors (Lipinski definition) is 5. The van der Waals surface area contributed by atoms with Crippen molar-refractivity contribution in [2.45, 2.75) is 44.6 Å². The molecule has 7 heteroatoms. The summed E-state index contributed by atoms with van der Waals surface area (Å²) in [5, 5.41) is 0. The summed E-state index contributed by atoms with van der Waals surface area (Å²) < 4.78 is 25.0. The summed E-state index contributed by atoms with van der Waals surface area (Å²) in [5.74, 6) is 0.820. The van der Waals surface area contributed by atoms with Gasteiger partial charge >= 0.3 is 0 Å². The van der Waals surface area contributed by atoms with E-state index in [0.717, 1.165) is 60.9 Å². The summed E-state index contributed by atoms with van der Waals surface area (Å²) >= 11 is 0. The third-order valence-corrected chi connectivity index (χ3v) is 5.31. The van der Waals surface area contributed by atoms with Crippen LogP contribution in [0, 0.1) is 5.82 Å². The zero-order chi connectivity index (χ0) is 20.8. The lowest BCUT2D eigenvalue weighted by Crippen LogP contribution is -2.26. The Morgan fingerprint density at radius 2 is 1.81 bits per heavy atom. The molecule has 3 heterocycles. The van der Waals surface area contributed by atoms with Crippen LogP contribution in [0.25, 0.3) is 0 Å². The lowest BCUT2D eigenvalue weighted by molar-refractivity contribution is 0.0255. The van der Waals surface area contributed by atoms with Crippen LogP contribution in [0.3, 0.4) is 0 Å². The molecule has 1 aliphatic heterocycles. The van der Waals surface area contributed by atoms with Gasteiger partial charge in [0.2, 0.25) is 0 Å². The highest BCUT2D eigenvalue weighted by atomic mass is 35.5. The summed E-state index contributed by atoms with van der Waals surface area (Å²) in [6.45, 7) is 3.59. The number of ether oxygens (including phenoxy) is 2. The van der Waals surface area contributed by atoms with Gasteiger partial charge in [-0.05, 0) is 30.0 Å². The highest BCUT2D eigenvalue weighted by Gasteiger charge is 2.17. The molecule has 0 aliphatic carbocycles. The first-order chi connectivity index (χ1) is 14.7. The van der Waals surface area contributed by atoms with Crippen LogP contribution in [-0.4, -0.2) is 34.3 Å². The van der Waals surface area contributed by atoms with Crippen LogP contribution in [0.4, 0.5) is 4.39 Å². The predicted molar refractivity (Wildman–Crippen MR) is 119 cm³/mol. The average Bonchev–Trinajstić information content (AvgIpc) is 2.75. The summed E-state index contributed by atoms with van der Waals surface area (Å²) in [6, 6.07) is 10.7. The van der Waals surface area contributed by atoms with Gasteiger partial charge in [0.05, 0.1) is 24.6 Å². The van der Waals surface area contributed by atoms with Crippen molar-refractivity contribution in [3.8, 4) is 5.75 Å². The fourth-order valence-corrected chi connectivity index (χ4v) is 3.70. The van der Waals surface area contributed by atoms with Crippen molar-refractivity contribution < 1.29 is 13.9 Å². The Balaban J connectivity index is 0.00000272. The molecule has 0 N–H and O–H groups in total. The Morgan fingerprint density at radius 1 is 1.06 bits per heavy atom. The van der Waals surface area contributed by atoms with Gasteiger partial charge in [0.15, 0.2) is 0 Å². The smallest absolute Gasteiger partial charge is 0.123 e. The van der Waals surface area contributed by atoms with Crippen LogP contribution in [0.2, 0.25) is 0 Å². The SMILES string of the molecule is C[C@H](Cc1cc(OC2CCOCC2)cc(Cc2cnccn2)n1)c1ccc(F)cc1.Cl. The van der Waals surface area contributed by atoms with Crippen LogP contribution in [0.5, 0.6) is 5.75 Å². The number of aromatic nitrogens is 3. The first-order valence-electron chi connectivity index (χ1n) is 10.4. The predicted octanol–water partition coefficient (Wildman–Crippen LogP) is 4.93. The van der Waals surface area contributed by atoms with Crippen molar-refractivity contribution in [1.29, 1.82) is 0 Å². The van der Waals surface area contributed by atoms with Crippen LogP contribution in [-0.2, 0) is 17.6 Å². The molecule has 5 nitrogen and oxygen atoms in total. The molecule has 0 amide bonds. The van der Waals surface area contributed by atoms with Crippen molar-refractivity contribution in [2.75, 3.05) is 13.2 Å². The van der Waals surface area contributed by atoms with E-state index in [4.69, 9.17) is 14.5 Å². The Kier molecular flexibility index (Phi) is 8.32. The number of pyridine rings is 1. The quantitative estimate of drug-likeness (QED) is 0.518. The molecule has 0 bridgehead atoms. The maximum atomic E-state index is 13.3. The van der Waals surface area contributed by atoms with E-state index in [9.17, 15) is 4.39 Å².